The number of carbonyl (C=O) groups excluding carboxylic acids is 1. The third-order valence-corrected chi connectivity index (χ3v) is 5.48. The van der Waals surface area contributed by atoms with Gasteiger partial charge in [0.1, 0.15) is 5.82 Å². The number of piperidine rings is 1. The molecule has 146 valence electrons. The maximum Gasteiger partial charge on any atom is 0.254 e. The van der Waals surface area contributed by atoms with Gasteiger partial charge in [-0.1, -0.05) is 29.3 Å². The second kappa shape index (κ2) is 9.74. The van der Waals surface area contributed by atoms with Crippen molar-refractivity contribution in [1.29, 1.82) is 0 Å². The number of benzene rings is 2. The number of rotatable bonds is 4. The molecular weight excluding hydrogens is 410 g/mol. The lowest BCUT2D eigenvalue weighted by Crippen LogP contribution is -2.42. The average molecular weight is 432 g/mol. The SMILES string of the molecule is CNCC1CCCN(C(=O)c2ccc(F)cc2-c2ccc(Cl)c(Cl)c2)C1.Cl. The number of carbonyl (C=O) groups is 1. The van der Waals surface area contributed by atoms with Gasteiger partial charge in [0.2, 0.25) is 0 Å². The highest BCUT2D eigenvalue weighted by molar-refractivity contribution is 6.42. The molecule has 0 bridgehead atoms. The Bertz CT molecular complexity index is 814. The van der Waals surface area contributed by atoms with Crippen molar-refractivity contribution >= 4 is 41.5 Å². The molecule has 2 aromatic carbocycles. The molecule has 1 fully saturated rings. The summed E-state index contributed by atoms with van der Waals surface area (Å²) >= 11 is 12.1. The lowest BCUT2D eigenvalue weighted by atomic mass is 9.95. The van der Waals surface area contributed by atoms with Crippen LogP contribution in [0.1, 0.15) is 23.2 Å². The molecule has 1 heterocycles. The summed E-state index contributed by atoms with van der Waals surface area (Å²) in [5.74, 6) is -0.0345. The first-order chi connectivity index (χ1) is 12.5. The Morgan fingerprint density at radius 1 is 1.22 bits per heavy atom. The normalized spacial score (nSPS) is 16.7. The first-order valence-corrected chi connectivity index (χ1v) is 9.44. The van der Waals surface area contributed by atoms with E-state index in [9.17, 15) is 9.18 Å². The van der Waals surface area contributed by atoms with E-state index in [1.54, 1.807) is 24.3 Å². The van der Waals surface area contributed by atoms with Crippen molar-refractivity contribution in [3.8, 4) is 11.1 Å². The zero-order valence-electron chi connectivity index (χ0n) is 15.0. The number of likely N-dealkylation sites (tertiary alicyclic amines) is 1. The van der Waals surface area contributed by atoms with Crippen LogP contribution in [0.4, 0.5) is 4.39 Å². The van der Waals surface area contributed by atoms with E-state index in [0.717, 1.165) is 25.9 Å². The highest BCUT2D eigenvalue weighted by atomic mass is 35.5. The Balaban J connectivity index is 0.00000261. The van der Waals surface area contributed by atoms with Crippen LogP contribution < -0.4 is 5.32 Å². The van der Waals surface area contributed by atoms with Crippen molar-refractivity contribution in [3.63, 3.8) is 0 Å². The maximum absolute atomic E-state index is 13.9. The molecule has 1 N–H and O–H groups in total. The van der Waals surface area contributed by atoms with Crippen LogP contribution in [0.3, 0.4) is 0 Å². The van der Waals surface area contributed by atoms with Crippen LogP contribution >= 0.6 is 35.6 Å². The molecule has 0 aliphatic carbocycles. The maximum atomic E-state index is 13.9. The Hall–Kier alpha value is -1.33. The molecule has 1 aliphatic heterocycles. The Morgan fingerprint density at radius 2 is 2.00 bits per heavy atom. The number of hydrogen-bond acceptors (Lipinski definition) is 2. The van der Waals surface area contributed by atoms with Crippen molar-refractivity contribution < 1.29 is 9.18 Å². The number of hydrogen-bond donors (Lipinski definition) is 1. The molecule has 3 nitrogen and oxygen atoms in total. The van der Waals surface area contributed by atoms with Gasteiger partial charge in [0, 0.05) is 18.7 Å². The molecule has 0 aromatic heterocycles. The summed E-state index contributed by atoms with van der Waals surface area (Å²) in [5.41, 5.74) is 1.69. The molecule has 1 atom stereocenters. The minimum absolute atomic E-state index is 0. The van der Waals surface area contributed by atoms with Gasteiger partial charge in [-0.15, -0.1) is 12.4 Å². The van der Waals surface area contributed by atoms with Gasteiger partial charge in [0.05, 0.1) is 10.0 Å². The number of nitrogens with one attached hydrogen (secondary N) is 1. The van der Waals surface area contributed by atoms with Gasteiger partial charge < -0.3 is 10.2 Å². The molecular formula is C20H22Cl3FN2O. The molecule has 0 saturated carbocycles. The topological polar surface area (TPSA) is 32.3 Å². The van der Waals surface area contributed by atoms with E-state index in [2.05, 4.69) is 5.32 Å². The highest BCUT2D eigenvalue weighted by Gasteiger charge is 2.26. The van der Waals surface area contributed by atoms with Crippen molar-refractivity contribution in [2.24, 2.45) is 5.92 Å². The summed E-state index contributed by atoms with van der Waals surface area (Å²) in [7, 11) is 1.92. The van der Waals surface area contributed by atoms with E-state index >= 15 is 0 Å². The molecule has 1 saturated heterocycles. The van der Waals surface area contributed by atoms with Gasteiger partial charge in [0.25, 0.3) is 5.91 Å². The molecule has 1 unspecified atom stereocenters. The fourth-order valence-electron chi connectivity index (χ4n) is 3.48. The lowest BCUT2D eigenvalue weighted by Gasteiger charge is -2.33. The van der Waals surface area contributed by atoms with Crippen molar-refractivity contribution in [3.05, 3.63) is 57.8 Å². The molecule has 1 amide bonds. The first kappa shape index (κ1) is 22.0. The number of amides is 1. The standard InChI is InChI=1S/C20H21Cl2FN2O.ClH/c1-24-11-13-3-2-8-25(12-13)20(26)16-6-5-15(23)10-17(16)14-4-7-18(21)19(22)9-14;/h4-7,9-10,13,24H,2-3,8,11-12H2,1H3;1H. The van der Waals surface area contributed by atoms with Crippen LogP contribution in [0.5, 0.6) is 0 Å². The Labute approximate surface area is 175 Å². The third-order valence-electron chi connectivity index (χ3n) is 4.74. The predicted molar refractivity (Wildman–Crippen MR) is 112 cm³/mol. The summed E-state index contributed by atoms with van der Waals surface area (Å²) < 4.78 is 13.9. The van der Waals surface area contributed by atoms with Gasteiger partial charge in [-0.2, -0.15) is 0 Å². The molecule has 0 spiro atoms. The average Bonchev–Trinajstić information content (AvgIpc) is 2.64. The van der Waals surface area contributed by atoms with Gasteiger partial charge in [-0.25, -0.2) is 4.39 Å². The second-order valence-corrected chi connectivity index (χ2v) is 7.45. The molecule has 3 rings (SSSR count). The van der Waals surface area contributed by atoms with E-state index in [1.807, 2.05) is 11.9 Å². The highest BCUT2D eigenvalue weighted by Crippen LogP contribution is 2.32. The summed E-state index contributed by atoms with van der Waals surface area (Å²) in [5, 5.41) is 3.97. The zero-order valence-corrected chi connectivity index (χ0v) is 17.3. The van der Waals surface area contributed by atoms with Crippen LogP contribution in [-0.4, -0.2) is 37.5 Å². The van der Waals surface area contributed by atoms with Crippen LogP contribution in [-0.2, 0) is 0 Å². The second-order valence-electron chi connectivity index (χ2n) is 6.64. The van der Waals surface area contributed by atoms with Gasteiger partial charge >= 0.3 is 0 Å². The van der Waals surface area contributed by atoms with Crippen LogP contribution in [0.25, 0.3) is 11.1 Å². The van der Waals surface area contributed by atoms with E-state index in [1.165, 1.54) is 12.1 Å². The van der Waals surface area contributed by atoms with Crippen LogP contribution in [0.2, 0.25) is 10.0 Å². The molecule has 7 heteroatoms. The number of halogens is 4. The van der Waals surface area contributed by atoms with E-state index < -0.39 is 5.82 Å². The van der Waals surface area contributed by atoms with Crippen molar-refractivity contribution in [2.75, 3.05) is 26.7 Å². The van der Waals surface area contributed by atoms with E-state index in [0.29, 0.717) is 39.2 Å². The summed E-state index contributed by atoms with van der Waals surface area (Å²) in [6.07, 6.45) is 2.08. The minimum atomic E-state index is -0.394. The molecule has 2 aromatic rings. The predicted octanol–water partition coefficient (Wildman–Crippen LogP) is 5.29. The summed E-state index contributed by atoms with van der Waals surface area (Å²) in [4.78, 5) is 15.0. The summed E-state index contributed by atoms with van der Waals surface area (Å²) in [6.45, 7) is 2.31. The fraction of sp³-hybridized carbons (Fsp3) is 0.350. The van der Waals surface area contributed by atoms with Crippen molar-refractivity contribution in [1.82, 2.24) is 10.2 Å². The van der Waals surface area contributed by atoms with E-state index in [-0.39, 0.29) is 18.3 Å². The van der Waals surface area contributed by atoms with Crippen molar-refractivity contribution in [2.45, 2.75) is 12.8 Å². The van der Waals surface area contributed by atoms with Gasteiger partial charge in [-0.05, 0) is 73.8 Å². The Morgan fingerprint density at radius 3 is 2.70 bits per heavy atom. The monoisotopic (exact) mass is 430 g/mol. The molecule has 0 radical (unpaired) electrons. The third kappa shape index (κ3) is 5.14. The smallest absolute Gasteiger partial charge is 0.254 e. The van der Waals surface area contributed by atoms with Crippen LogP contribution in [0, 0.1) is 11.7 Å². The quantitative estimate of drug-likeness (QED) is 0.713. The lowest BCUT2D eigenvalue weighted by molar-refractivity contribution is 0.0675. The largest absolute Gasteiger partial charge is 0.338 e. The van der Waals surface area contributed by atoms with E-state index in [4.69, 9.17) is 23.2 Å². The van der Waals surface area contributed by atoms with Gasteiger partial charge in [0.15, 0.2) is 0 Å². The summed E-state index contributed by atoms with van der Waals surface area (Å²) in [6, 6.07) is 9.32. The zero-order chi connectivity index (χ0) is 18.7. The molecule has 1 aliphatic rings. The van der Waals surface area contributed by atoms with Crippen LogP contribution in [0.15, 0.2) is 36.4 Å². The molecule has 27 heavy (non-hydrogen) atoms. The minimum Gasteiger partial charge on any atom is -0.338 e. The van der Waals surface area contributed by atoms with Gasteiger partial charge in [-0.3, -0.25) is 4.79 Å². The fourth-order valence-corrected chi connectivity index (χ4v) is 3.78. The Kier molecular flexibility index (Phi) is 7.92. The first-order valence-electron chi connectivity index (χ1n) is 8.68. The number of nitrogens with zero attached hydrogens (tertiary/aromatic N) is 1.